The average molecular weight is 267 g/mol. The van der Waals surface area contributed by atoms with Crippen LogP contribution in [0.4, 0.5) is 0 Å². The minimum atomic E-state index is -0.00961. The molecule has 2 rings (SSSR count). The summed E-state index contributed by atoms with van der Waals surface area (Å²) < 4.78 is 6.60. The van der Waals surface area contributed by atoms with Crippen molar-refractivity contribution >= 4 is 0 Å². The molecule has 0 amide bonds. The summed E-state index contributed by atoms with van der Waals surface area (Å²) in [6, 6.07) is 0. The van der Waals surface area contributed by atoms with Crippen molar-refractivity contribution in [3.8, 4) is 0 Å². The van der Waals surface area contributed by atoms with Gasteiger partial charge in [-0.3, -0.25) is 0 Å². The van der Waals surface area contributed by atoms with Crippen LogP contribution in [0, 0.1) is 17.3 Å². The molecule has 0 saturated heterocycles. The monoisotopic (exact) mass is 267 g/mol. The normalized spacial score (nSPS) is 43.1. The molecule has 0 aliphatic heterocycles. The van der Waals surface area contributed by atoms with Gasteiger partial charge in [-0.25, -0.2) is 0 Å². The van der Waals surface area contributed by atoms with Gasteiger partial charge in [0.25, 0.3) is 0 Å². The largest absolute Gasteiger partial charge is 0.370 e. The van der Waals surface area contributed by atoms with E-state index in [1.165, 1.54) is 32.1 Å². The first-order valence-corrected chi connectivity index (χ1v) is 8.22. The Morgan fingerprint density at radius 1 is 1.05 bits per heavy atom. The van der Waals surface area contributed by atoms with Crippen molar-refractivity contribution in [3.05, 3.63) is 0 Å². The van der Waals surface area contributed by atoms with Crippen molar-refractivity contribution in [1.82, 2.24) is 0 Å². The van der Waals surface area contributed by atoms with Crippen LogP contribution >= 0.6 is 0 Å². The van der Waals surface area contributed by atoms with Gasteiger partial charge in [-0.15, -0.1) is 0 Å². The van der Waals surface area contributed by atoms with Crippen LogP contribution in [0.25, 0.3) is 0 Å². The molecule has 0 heterocycles. The zero-order valence-corrected chi connectivity index (χ0v) is 13.4. The minimum Gasteiger partial charge on any atom is -0.370 e. The number of hydrogen-bond acceptors (Lipinski definition) is 2. The van der Waals surface area contributed by atoms with Crippen molar-refractivity contribution < 1.29 is 4.74 Å². The van der Waals surface area contributed by atoms with E-state index in [2.05, 4.69) is 27.7 Å². The summed E-state index contributed by atoms with van der Waals surface area (Å²) >= 11 is 0. The lowest BCUT2D eigenvalue weighted by molar-refractivity contribution is -0.140. The van der Waals surface area contributed by atoms with E-state index in [-0.39, 0.29) is 5.60 Å². The van der Waals surface area contributed by atoms with Crippen LogP contribution in [0.15, 0.2) is 0 Å². The highest BCUT2D eigenvalue weighted by atomic mass is 16.5. The maximum atomic E-state index is 6.60. The molecule has 112 valence electrons. The number of ether oxygens (including phenoxy) is 1. The Balaban J connectivity index is 1.98. The molecule has 2 nitrogen and oxygen atoms in total. The van der Waals surface area contributed by atoms with E-state index in [0.717, 1.165) is 24.7 Å². The van der Waals surface area contributed by atoms with Crippen molar-refractivity contribution in [2.24, 2.45) is 23.0 Å². The number of nitrogens with two attached hydrogens (primary N) is 1. The van der Waals surface area contributed by atoms with Gasteiger partial charge in [-0.05, 0) is 62.2 Å². The standard InChI is InChI=1S/C17H33NO/c1-13-5-7-17(12-18,8-6-13)19-15-9-14(2)10-16(3,4)11-15/h13-15H,5-12,18H2,1-4H3. The van der Waals surface area contributed by atoms with E-state index in [9.17, 15) is 0 Å². The molecule has 0 radical (unpaired) electrons. The molecule has 2 aliphatic carbocycles. The molecule has 2 unspecified atom stereocenters. The zero-order valence-electron chi connectivity index (χ0n) is 13.4. The van der Waals surface area contributed by atoms with Gasteiger partial charge in [0, 0.05) is 6.54 Å². The van der Waals surface area contributed by atoms with Crippen LogP contribution in [-0.2, 0) is 4.74 Å². The van der Waals surface area contributed by atoms with Crippen LogP contribution in [0.1, 0.15) is 72.6 Å². The third kappa shape index (κ3) is 3.95. The second kappa shape index (κ2) is 5.73. The minimum absolute atomic E-state index is 0.00961. The molecule has 0 aromatic heterocycles. The van der Waals surface area contributed by atoms with Crippen LogP contribution in [-0.4, -0.2) is 18.2 Å². The summed E-state index contributed by atoms with van der Waals surface area (Å²) in [4.78, 5) is 0. The second-order valence-electron chi connectivity index (χ2n) is 8.22. The van der Waals surface area contributed by atoms with Gasteiger partial charge in [0.2, 0.25) is 0 Å². The summed E-state index contributed by atoms with van der Waals surface area (Å²) in [7, 11) is 0. The fourth-order valence-corrected chi connectivity index (χ4v) is 4.36. The molecule has 0 aromatic carbocycles. The van der Waals surface area contributed by atoms with Crippen LogP contribution in [0.2, 0.25) is 0 Å². The molecule has 0 bridgehead atoms. The summed E-state index contributed by atoms with van der Waals surface area (Å²) in [6.07, 6.45) is 9.07. The van der Waals surface area contributed by atoms with Gasteiger partial charge in [-0.2, -0.15) is 0 Å². The lowest BCUT2D eigenvalue weighted by atomic mass is 9.71. The topological polar surface area (TPSA) is 35.2 Å². The predicted octanol–water partition coefficient (Wildman–Crippen LogP) is 4.13. The molecule has 2 N–H and O–H groups in total. The third-order valence-corrected chi connectivity index (χ3v) is 5.32. The molecule has 0 spiro atoms. The van der Waals surface area contributed by atoms with Gasteiger partial charge in [0.15, 0.2) is 0 Å². The van der Waals surface area contributed by atoms with Gasteiger partial charge in [0.1, 0.15) is 0 Å². The fraction of sp³-hybridized carbons (Fsp3) is 1.00. The maximum Gasteiger partial charge on any atom is 0.0808 e. The Labute approximate surface area is 119 Å². The molecule has 2 heteroatoms. The van der Waals surface area contributed by atoms with E-state index in [1.54, 1.807) is 0 Å². The predicted molar refractivity (Wildman–Crippen MR) is 81.1 cm³/mol. The van der Waals surface area contributed by atoms with Gasteiger partial charge in [0.05, 0.1) is 11.7 Å². The highest BCUT2D eigenvalue weighted by Crippen LogP contribution is 2.43. The highest BCUT2D eigenvalue weighted by Gasteiger charge is 2.40. The Morgan fingerprint density at radius 3 is 2.21 bits per heavy atom. The lowest BCUT2D eigenvalue weighted by Gasteiger charge is -2.46. The Bertz CT molecular complexity index is 292. The van der Waals surface area contributed by atoms with E-state index >= 15 is 0 Å². The van der Waals surface area contributed by atoms with Crippen molar-refractivity contribution in [2.75, 3.05) is 6.54 Å². The Morgan fingerprint density at radius 2 is 1.68 bits per heavy atom. The molecule has 19 heavy (non-hydrogen) atoms. The number of rotatable bonds is 3. The summed E-state index contributed by atoms with van der Waals surface area (Å²) in [5.74, 6) is 1.64. The Kier molecular flexibility index (Phi) is 4.62. The second-order valence-corrected chi connectivity index (χ2v) is 8.22. The summed E-state index contributed by atoms with van der Waals surface area (Å²) in [5.41, 5.74) is 6.50. The first-order chi connectivity index (χ1) is 8.84. The molecule has 2 saturated carbocycles. The zero-order chi connectivity index (χ0) is 14.1. The van der Waals surface area contributed by atoms with E-state index < -0.39 is 0 Å². The molecule has 2 fully saturated rings. The van der Waals surface area contributed by atoms with Crippen LogP contribution in [0.3, 0.4) is 0 Å². The van der Waals surface area contributed by atoms with E-state index in [1.807, 2.05) is 0 Å². The van der Waals surface area contributed by atoms with Crippen LogP contribution < -0.4 is 5.73 Å². The number of hydrogen-bond donors (Lipinski definition) is 1. The first kappa shape index (κ1) is 15.3. The van der Waals surface area contributed by atoms with Gasteiger partial charge < -0.3 is 10.5 Å². The van der Waals surface area contributed by atoms with Crippen molar-refractivity contribution in [3.63, 3.8) is 0 Å². The molecular formula is C17H33NO. The van der Waals surface area contributed by atoms with Crippen LogP contribution in [0.5, 0.6) is 0 Å². The Hall–Kier alpha value is -0.0800. The summed E-state index contributed by atoms with van der Waals surface area (Å²) in [6.45, 7) is 10.2. The molecule has 2 aliphatic rings. The highest BCUT2D eigenvalue weighted by molar-refractivity contribution is 4.91. The average Bonchev–Trinajstić information content (AvgIpc) is 2.30. The van der Waals surface area contributed by atoms with Gasteiger partial charge in [-0.1, -0.05) is 27.7 Å². The van der Waals surface area contributed by atoms with Crippen molar-refractivity contribution in [1.29, 1.82) is 0 Å². The lowest BCUT2D eigenvalue weighted by Crippen LogP contribution is -2.48. The van der Waals surface area contributed by atoms with E-state index in [4.69, 9.17) is 10.5 Å². The van der Waals surface area contributed by atoms with Gasteiger partial charge >= 0.3 is 0 Å². The van der Waals surface area contributed by atoms with E-state index in [0.29, 0.717) is 18.1 Å². The molecule has 0 aromatic rings. The quantitative estimate of drug-likeness (QED) is 0.834. The fourth-order valence-electron chi connectivity index (χ4n) is 4.36. The summed E-state index contributed by atoms with van der Waals surface area (Å²) in [5, 5.41) is 0. The molecular weight excluding hydrogens is 234 g/mol. The van der Waals surface area contributed by atoms with Crippen molar-refractivity contribution in [2.45, 2.75) is 84.3 Å². The smallest absolute Gasteiger partial charge is 0.0808 e. The first-order valence-electron chi connectivity index (χ1n) is 8.22. The molecule has 2 atom stereocenters. The SMILES string of the molecule is CC1CCC(CN)(OC2CC(C)CC(C)(C)C2)CC1. The third-order valence-electron chi connectivity index (χ3n) is 5.32. The maximum absolute atomic E-state index is 6.60.